The molecule has 4 rings (SSSR count). The number of benzene rings is 1. The molecule has 1 aromatic carbocycles. The van der Waals surface area contributed by atoms with Gasteiger partial charge >= 0.3 is 0 Å². The van der Waals surface area contributed by atoms with Crippen LogP contribution < -0.4 is 5.73 Å². The quantitative estimate of drug-likeness (QED) is 0.862. The highest BCUT2D eigenvalue weighted by molar-refractivity contribution is 8.14. The van der Waals surface area contributed by atoms with E-state index in [0.717, 1.165) is 6.42 Å². The Kier molecular flexibility index (Phi) is 4.23. The van der Waals surface area contributed by atoms with E-state index in [2.05, 4.69) is 9.98 Å². The van der Waals surface area contributed by atoms with Crippen LogP contribution in [0, 0.1) is 23.1 Å². The van der Waals surface area contributed by atoms with E-state index in [9.17, 15) is 8.78 Å². The summed E-state index contributed by atoms with van der Waals surface area (Å²) in [6, 6.07) is 9.34. The zero-order chi connectivity index (χ0) is 19.2. The van der Waals surface area contributed by atoms with Crippen LogP contribution in [0.3, 0.4) is 0 Å². The number of pyridine rings is 1. The molecule has 0 bridgehead atoms. The van der Waals surface area contributed by atoms with E-state index < -0.39 is 11.4 Å². The number of aromatic nitrogens is 1. The molecule has 3 unspecified atom stereocenters. The third kappa shape index (κ3) is 3.21. The molecule has 2 aliphatic rings. The number of halogens is 2. The van der Waals surface area contributed by atoms with Gasteiger partial charge in [-0.15, -0.1) is 0 Å². The lowest BCUT2D eigenvalue weighted by Gasteiger charge is -2.30. The molecule has 1 aromatic heterocycles. The normalized spacial score (nSPS) is 26.7. The lowest BCUT2D eigenvalue weighted by molar-refractivity contribution is 0.408. The smallest absolute Gasteiger partial charge is 0.155 e. The SMILES string of the molecule is CC1(c2cc(/C=C(\F)c3ccc(C#N)cn3)ccc2F)N=C(N)SC2CC21. The first kappa shape index (κ1) is 17.7. The third-order valence-corrected chi connectivity index (χ3v) is 6.19. The van der Waals surface area contributed by atoms with Gasteiger partial charge in [0.25, 0.3) is 0 Å². The van der Waals surface area contributed by atoms with Gasteiger partial charge in [-0.3, -0.25) is 9.98 Å². The number of fused-ring (bicyclic) bond motifs is 1. The number of thioether (sulfide) groups is 1. The van der Waals surface area contributed by atoms with Gasteiger partial charge in [0, 0.05) is 22.9 Å². The van der Waals surface area contributed by atoms with Crippen molar-refractivity contribution < 1.29 is 8.78 Å². The fourth-order valence-corrected chi connectivity index (χ4v) is 4.77. The van der Waals surface area contributed by atoms with Crippen molar-refractivity contribution in [2.75, 3.05) is 0 Å². The summed E-state index contributed by atoms with van der Waals surface area (Å²) in [6.07, 6.45) is 3.55. The Hall–Kier alpha value is -2.72. The molecule has 2 aromatic rings. The number of amidine groups is 1. The molecule has 2 heterocycles. The number of hydrogen-bond acceptors (Lipinski definition) is 5. The molecule has 136 valence electrons. The highest BCUT2D eigenvalue weighted by Crippen LogP contribution is 2.57. The maximum absolute atomic E-state index is 14.6. The number of nitriles is 1. The molecule has 1 aliphatic carbocycles. The fourth-order valence-electron chi connectivity index (χ4n) is 3.49. The maximum atomic E-state index is 14.6. The van der Waals surface area contributed by atoms with Crippen LogP contribution in [0.4, 0.5) is 8.78 Å². The Labute approximate surface area is 159 Å². The van der Waals surface area contributed by atoms with E-state index in [-0.39, 0.29) is 17.4 Å². The molecular formula is C20H16F2N4S. The van der Waals surface area contributed by atoms with Crippen LogP contribution in [0.15, 0.2) is 41.5 Å². The van der Waals surface area contributed by atoms with E-state index in [4.69, 9.17) is 11.0 Å². The molecule has 27 heavy (non-hydrogen) atoms. The number of hydrogen-bond donors (Lipinski definition) is 1. The largest absolute Gasteiger partial charge is 0.379 e. The monoisotopic (exact) mass is 382 g/mol. The maximum Gasteiger partial charge on any atom is 0.155 e. The minimum Gasteiger partial charge on any atom is -0.379 e. The first-order valence-electron chi connectivity index (χ1n) is 8.46. The molecular weight excluding hydrogens is 366 g/mol. The van der Waals surface area contributed by atoms with Gasteiger partial charge in [0.2, 0.25) is 0 Å². The molecule has 1 aliphatic heterocycles. The van der Waals surface area contributed by atoms with Crippen LogP contribution in [-0.2, 0) is 5.54 Å². The van der Waals surface area contributed by atoms with E-state index in [0.29, 0.717) is 27.1 Å². The Morgan fingerprint density at radius 3 is 2.93 bits per heavy atom. The number of rotatable bonds is 3. The number of aliphatic imine (C=N–C) groups is 1. The average molecular weight is 382 g/mol. The first-order valence-corrected chi connectivity index (χ1v) is 9.34. The Morgan fingerprint density at radius 1 is 1.41 bits per heavy atom. The Balaban J connectivity index is 1.70. The van der Waals surface area contributed by atoms with Crippen LogP contribution in [0.25, 0.3) is 11.9 Å². The van der Waals surface area contributed by atoms with Crippen molar-refractivity contribution in [3.63, 3.8) is 0 Å². The van der Waals surface area contributed by atoms with Crippen molar-refractivity contribution in [2.45, 2.75) is 24.1 Å². The molecule has 0 spiro atoms. The second-order valence-electron chi connectivity index (χ2n) is 6.87. The summed E-state index contributed by atoms with van der Waals surface area (Å²) in [6.45, 7) is 1.88. The summed E-state index contributed by atoms with van der Waals surface area (Å²) in [5.41, 5.74) is 6.59. The summed E-state index contributed by atoms with van der Waals surface area (Å²) < 4.78 is 29.1. The van der Waals surface area contributed by atoms with Gasteiger partial charge < -0.3 is 5.73 Å². The van der Waals surface area contributed by atoms with Gasteiger partial charge in [0.1, 0.15) is 17.7 Å². The Morgan fingerprint density at radius 2 is 2.22 bits per heavy atom. The lowest BCUT2D eigenvalue weighted by atomic mass is 9.86. The van der Waals surface area contributed by atoms with E-state index in [1.165, 1.54) is 48.3 Å². The van der Waals surface area contributed by atoms with Crippen LogP contribution in [0.5, 0.6) is 0 Å². The van der Waals surface area contributed by atoms with Gasteiger partial charge in [-0.2, -0.15) is 5.26 Å². The molecule has 1 saturated carbocycles. The van der Waals surface area contributed by atoms with Crippen LogP contribution in [-0.4, -0.2) is 15.4 Å². The summed E-state index contributed by atoms with van der Waals surface area (Å²) in [5.74, 6) is -0.706. The number of nitrogens with zero attached hydrogens (tertiary/aromatic N) is 3. The minimum atomic E-state index is -0.739. The summed E-state index contributed by atoms with van der Waals surface area (Å²) in [4.78, 5) is 8.46. The van der Waals surface area contributed by atoms with E-state index in [1.54, 1.807) is 6.07 Å². The summed E-state index contributed by atoms with van der Waals surface area (Å²) in [7, 11) is 0. The zero-order valence-electron chi connectivity index (χ0n) is 14.5. The Bertz CT molecular complexity index is 1010. The minimum absolute atomic E-state index is 0.115. The van der Waals surface area contributed by atoms with Crippen molar-refractivity contribution in [1.82, 2.24) is 4.98 Å². The van der Waals surface area contributed by atoms with Gasteiger partial charge in [0.05, 0.1) is 16.8 Å². The zero-order valence-corrected chi connectivity index (χ0v) is 15.3. The predicted octanol–water partition coefficient (Wildman–Crippen LogP) is 4.23. The van der Waals surface area contributed by atoms with Crippen molar-refractivity contribution in [3.05, 3.63) is 64.7 Å². The molecule has 1 fully saturated rings. The standard InChI is InChI=1S/C20H16F2N4S/c1-20(14-8-18(14)27-19(24)26-20)13-6-11(2-4-15(13)21)7-16(22)17-5-3-12(9-23)10-25-17/h2-7,10,14,18H,8H2,1H3,(H2,24,26)/b16-7-. The summed E-state index contributed by atoms with van der Waals surface area (Å²) in [5, 5.41) is 9.62. The second kappa shape index (κ2) is 6.46. The lowest BCUT2D eigenvalue weighted by Crippen LogP contribution is -2.31. The molecule has 4 nitrogen and oxygen atoms in total. The van der Waals surface area contributed by atoms with Crippen LogP contribution in [0.1, 0.15) is 35.7 Å². The van der Waals surface area contributed by atoms with Gasteiger partial charge in [-0.05, 0) is 49.2 Å². The molecule has 7 heteroatoms. The van der Waals surface area contributed by atoms with Crippen molar-refractivity contribution in [1.29, 1.82) is 5.26 Å². The average Bonchev–Trinajstić information content (AvgIpc) is 3.43. The van der Waals surface area contributed by atoms with Crippen molar-refractivity contribution in [3.8, 4) is 6.07 Å². The van der Waals surface area contributed by atoms with E-state index >= 15 is 0 Å². The van der Waals surface area contributed by atoms with Gasteiger partial charge in [0.15, 0.2) is 5.17 Å². The second-order valence-corrected chi connectivity index (χ2v) is 8.13. The molecule has 2 N–H and O–H groups in total. The van der Waals surface area contributed by atoms with Crippen molar-refractivity contribution in [2.24, 2.45) is 16.6 Å². The molecule has 0 saturated heterocycles. The predicted molar refractivity (Wildman–Crippen MR) is 103 cm³/mol. The van der Waals surface area contributed by atoms with Gasteiger partial charge in [-0.25, -0.2) is 8.78 Å². The molecule has 0 amide bonds. The van der Waals surface area contributed by atoms with Crippen LogP contribution in [0.2, 0.25) is 0 Å². The molecule has 3 atom stereocenters. The third-order valence-electron chi connectivity index (χ3n) is 5.03. The summed E-state index contributed by atoms with van der Waals surface area (Å²) >= 11 is 1.54. The van der Waals surface area contributed by atoms with Crippen molar-refractivity contribution >= 4 is 28.8 Å². The van der Waals surface area contributed by atoms with Crippen LogP contribution >= 0.6 is 11.8 Å². The molecule has 0 radical (unpaired) electrons. The first-order chi connectivity index (χ1) is 12.9. The topological polar surface area (TPSA) is 75.1 Å². The highest BCUT2D eigenvalue weighted by atomic mass is 32.2. The highest BCUT2D eigenvalue weighted by Gasteiger charge is 2.55. The van der Waals surface area contributed by atoms with Gasteiger partial charge in [-0.1, -0.05) is 17.8 Å². The fraction of sp³-hybridized carbons (Fsp3) is 0.250. The number of nitrogens with two attached hydrogens (primary N) is 1. The van der Waals surface area contributed by atoms with E-state index in [1.807, 2.05) is 13.0 Å².